The second-order valence-corrected chi connectivity index (χ2v) is 9.55. The number of fused-ring (bicyclic) bond motifs is 1. The number of ketones is 1. The van der Waals surface area contributed by atoms with E-state index < -0.39 is 21.4 Å². The van der Waals surface area contributed by atoms with Gasteiger partial charge in [0, 0.05) is 24.7 Å². The number of rotatable bonds is 7. The summed E-state index contributed by atoms with van der Waals surface area (Å²) in [4.78, 5) is 16.6. The van der Waals surface area contributed by atoms with E-state index in [9.17, 15) is 13.2 Å². The van der Waals surface area contributed by atoms with Gasteiger partial charge in [-0.3, -0.25) is 4.79 Å². The first kappa shape index (κ1) is 20.6. The lowest BCUT2D eigenvalue weighted by Gasteiger charge is -2.20. The first-order valence-electron chi connectivity index (χ1n) is 8.66. The van der Waals surface area contributed by atoms with Gasteiger partial charge in [0.15, 0.2) is 15.6 Å². The lowest BCUT2D eigenvalue weighted by atomic mass is 10.1. The first-order chi connectivity index (χ1) is 13.3. The minimum absolute atomic E-state index is 0.0579. The Morgan fingerprint density at radius 3 is 2.43 bits per heavy atom. The van der Waals surface area contributed by atoms with Crippen molar-refractivity contribution >= 4 is 50.0 Å². The maximum atomic E-state index is 12.5. The van der Waals surface area contributed by atoms with Crippen LogP contribution in [0, 0.1) is 0 Å². The molecule has 0 aliphatic carbocycles. The summed E-state index contributed by atoms with van der Waals surface area (Å²) in [6.07, 6.45) is 0. The molecule has 0 saturated carbocycles. The number of hydrogen-bond acceptors (Lipinski definition) is 5. The van der Waals surface area contributed by atoms with Crippen molar-refractivity contribution in [3.8, 4) is 0 Å². The molecule has 0 amide bonds. The SMILES string of the molecule is CN(CC(=O)CS(=O)(=O)CN1Cc2ccccc2C1=S)C(=S)c1ccccc1. The number of carbonyl (C=O) groups is 1. The summed E-state index contributed by atoms with van der Waals surface area (Å²) in [5.74, 6) is -1.20. The highest BCUT2D eigenvalue weighted by Crippen LogP contribution is 2.23. The van der Waals surface area contributed by atoms with Gasteiger partial charge in [0.05, 0.1) is 6.54 Å². The molecule has 1 aliphatic rings. The van der Waals surface area contributed by atoms with Crippen molar-refractivity contribution in [1.82, 2.24) is 9.80 Å². The Balaban J connectivity index is 1.58. The van der Waals surface area contributed by atoms with E-state index in [1.54, 1.807) is 16.8 Å². The molecule has 2 aromatic carbocycles. The van der Waals surface area contributed by atoms with E-state index in [4.69, 9.17) is 24.4 Å². The highest BCUT2D eigenvalue weighted by molar-refractivity contribution is 7.92. The average Bonchev–Trinajstić information content (AvgIpc) is 2.96. The lowest BCUT2D eigenvalue weighted by Crippen LogP contribution is -2.37. The summed E-state index contributed by atoms with van der Waals surface area (Å²) in [6, 6.07) is 16.9. The summed E-state index contributed by atoms with van der Waals surface area (Å²) in [7, 11) is -1.95. The van der Waals surface area contributed by atoms with Gasteiger partial charge in [-0.2, -0.15) is 0 Å². The normalized spacial score (nSPS) is 13.3. The minimum atomic E-state index is -3.63. The zero-order chi connectivity index (χ0) is 20.3. The third-order valence-electron chi connectivity index (χ3n) is 4.41. The van der Waals surface area contributed by atoms with E-state index in [0.29, 0.717) is 16.5 Å². The lowest BCUT2D eigenvalue weighted by molar-refractivity contribution is -0.116. The van der Waals surface area contributed by atoms with Crippen LogP contribution in [0.1, 0.15) is 16.7 Å². The van der Waals surface area contributed by atoms with Gasteiger partial charge in [0.25, 0.3) is 0 Å². The molecule has 1 heterocycles. The molecule has 0 fully saturated rings. The number of Topliss-reactive ketones (excluding diaryl/α,β-unsaturated/α-hetero) is 1. The van der Waals surface area contributed by atoms with E-state index >= 15 is 0 Å². The van der Waals surface area contributed by atoms with Crippen LogP contribution in [0.25, 0.3) is 0 Å². The molecule has 5 nitrogen and oxygen atoms in total. The fraction of sp³-hybridized carbons (Fsp3) is 0.250. The predicted octanol–water partition coefficient (Wildman–Crippen LogP) is 2.43. The van der Waals surface area contributed by atoms with Gasteiger partial charge in [-0.1, -0.05) is 79.0 Å². The fourth-order valence-electron chi connectivity index (χ4n) is 3.13. The van der Waals surface area contributed by atoms with Crippen molar-refractivity contribution in [2.75, 3.05) is 25.2 Å². The summed E-state index contributed by atoms with van der Waals surface area (Å²) < 4.78 is 25.1. The smallest absolute Gasteiger partial charge is 0.175 e. The number of benzene rings is 2. The van der Waals surface area contributed by atoms with Gasteiger partial charge in [-0.15, -0.1) is 0 Å². The number of thiocarbonyl (C=S) groups is 2. The van der Waals surface area contributed by atoms with E-state index in [1.165, 1.54) is 0 Å². The second-order valence-electron chi connectivity index (χ2n) is 6.74. The number of nitrogens with zero attached hydrogens (tertiary/aromatic N) is 2. The maximum absolute atomic E-state index is 12.5. The van der Waals surface area contributed by atoms with Crippen LogP contribution in [0.15, 0.2) is 54.6 Å². The predicted molar refractivity (Wildman–Crippen MR) is 118 cm³/mol. The first-order valence-corrected chi connectivity index (χ1v) is 11.3. The molecule has 0 radical (unpaired) electrons. The molecule has 3 rings (SSSR count). The number of hydrogen-bond donors (Lipinski definition) is 0. The quantitative estimate of drug-likeness (QED) is 0.623. The molecule has 0 bridgehead atoms. The average molecular weight is 433 g/mol. The largest absolute Gasteiger partial charge is 0.358 e. The molecular weight excluding hydrogens is 412 g/mol. The molecule has 0 saturated heterocycles. The molecule has 8 heteroatoms. The van der Waals surface area contributed by atoms with Gasteiger partial charge >= 0.3 is 0 Å². The molecule has 0 unspecified atom stereocenters. The Labute approximate surface area is 175 Å². The third kappa shape index (κ3) is 4.81. The summed E-state index contributed by atoms with van der Waals surface area (Å²) in [5.41, 5.74) is 2.70. The Morgan fingerprint density at radius 1 is 1.11 bits per heavy atom. The zero-order valence-electron chi connectivity index (χ0n) is 15.4. The van der Waals surface area contributed by atoms with E-state index in [-0.39, 0.29) is 12.4 Å². The minimum Gasteiger partial charge on any atom is -0.358 e. The summed E-state index contributed by atoms with van der Waals surface area (Å²) in [5, 5.41) is 0. The number of sulfone groups is 1. The van der Waals surface area contributed by atoms with Crippen LogP contribution in [-0.2, 0) is 21.2 Å². The summed E-state index contributed by atoms with van der Waals surface area (Å²) >= 11 is 10.8. The Kier molecular flexibility index (Phi) is 6.22. The van der Waals surface area contributed by atoms with Crippen molar-refractivity contribution in [3.05, 3.63) is 71.3 Å². The molecule has 146 valence electrons. The van der Waals surface area contributed by atoms with Gasteiger partial charge in [-0.25, -0.2) is 8.42 Å². The van der Waals surface area contributed by atoms with Crippen LogP contribution in [0.4, 0.5) is 0 Å². The summed E-state index contributed by atoms with van der Waals surface area (Å²) in [6.45, 7) is 0.387. The highest BCUT2D eigenvalue weighted by atomic mass is 32.2. The third-order valence-corrected chi connectivity index (χ3v) is 6.90. The molecule has 0 aromatic heterocycles. The monoisotopic (exact) mass is 432 g/mol. The van der Waals surface area contributed by atoms with Crippen molar-refractivity contribution < 1.29 is 13.2 Å². The van der Waals surface area contributed by atoms with Crippen LogP contribution in [0.2, 0.25) is 0 Å². The van der Waals surface area contributed by atoms with Crippen molar-refractivity contribution in [1.29, 1.82) is 0 Å². The Bertz CT molecular complexity index is 1020. The molecule has 2 aromatic rings. The molecule has 0 spiro atoms. The molecular formula is C20H20N2O3S3. The van der Waals surface area contributed by atoms with Gasteiger partial charge in [-0.05, 0) is 5.56 Å². The van der Waals surface area contributed by atoms with Crippen molar-refractivity contribution in [2.24, 2.45) is 0 Å². The topological polar surface area (TPSA) is 57.7 Å². The van der Waals surface area contributed by atoms with E-state index in [1.807, 2.05) is 54.6 Å². The van der Waals surface area contributed by atoms with Crippen LogP contribution >= 0.6 is 24.4 Å². The van der Waals surface area contributed by atoms with Crippen molar-refractivity contribution in [3.63, 3.8) is 0 Å². The van der Waals surface area contributed by atoms with E-state index in [0.717, 1.165) is 16.7 Å². The second kappa shape index (κ2) is 8.46. The molecule has 1 aliphatic heterocycles. The molecule has 0 N–H and O–H groups in total. The molecule has 0 atom stereocenters. The van der Waals surface area contributed by atoms with Gasteiger partial charge in [0.1, 0.15) is 21.6 Å². The molecule has 28 heavy (non-hydrogen) atoms. The number of likely N-dealkylation sites (N-methyl/N-ethyl adjacent to an activating group) is 1. The van der Waals surface area contributed by atoms with E-state index in [2.05, 4.69) is 0 Å². The van der Waals surface area contributed by atoms with Gasteiger partial charge in [0.2, 0.25) is 0 Å². The Morgan fingerprint density at radius 2 is 1.75 bits per heavy atom. The Hall–Kier alpha value is -2.16. The zero-order valence-corrected chi connectivity index (χ0v) is 17.8. The van der Waals surface area contributed by atoms with Gasteiger partial charge < -0.3 is 9.80 Å². The van der Waals surface area contributed by atoms with Crippen LogP contribution < -0.4 is 0 Å². The fourth-order valence-corrected chi connectivity index (χ4v) is 5.11. The van der Waals surface area contributed by atoms with Crippen LogP contribution in [0.3, 0.4) is 0 Å². The van der Waals surface area contributed by atoms with Crippen molar-refractivity contribution in [2.45, 2.75) is 6.54 Å². The maximum Gasteiger partial charge on any atom is 0.175 e. The number of carbonyl (C=O) groups excluding carboxylic acids is 1. The highest BCUT2D eigenvalue weighted by Gasteiger charge is 2.29. The standard InChI is InChI=1S/C20H20N2O3S3/c1-21(19(26)15-7-3-2-4-8-15)12-17(23)13-28(24,25)14-22-11-16-9-5-6-10-18(16)20(22)27/h2-10H,11-14H2,1H3. The van der Waals surface area contributed by atoms with Crippen LogP contribution in [-0.4, -0.2) is 59.2 Å². The van der Waals surface area contributed by atoms with Crippen LogP contribution in [0.5, 0.6) is 0 Å².